The van der Waals surface area contributed by atoms with Gasteiger partial charge in [-0.05, 0) is 33.8 Å². The molecule has 0 radical (unpaired) electrons. The fourth-order valence-electron chi connectivity index (χ4n) is 2.94. The highest BCUT2D eigenvalue weighted by Gasteiger charge is 2.64. The lowest BCUT2D eigenvalue weighted by atomic mass is 9.97. The van der Waals surface area contributed by atoms with Crippen LogP contribution in [0.1, 0.15) is 27.7 Å². The maximum absolute atomic E-state index is 5.93. The van der Waals surface area contributed by atoms with Crippen LogP contribution in [0.4, 0.5) is 0 Å². The number of fused-ring (bicyclic) bond motifs is 3. The van der Waals surface area contributed by atoms with Crippen molar-refractivity contribution in [1.82, 2.24) is 0 Å². The average Bonchev–Trinajstić information content (AvgIpc) is 2.70. The van der Waals surface area contributed by atoms with Crippen molar-refractivity contribution in [3.05, 3.63) is 12.7 Å². The summed E-state index contributed by atoms with van der Waals surface area (Å²) in [6.45, 7) is 11.7. The van der Waals surface area contributed by atoms with Crippen LogP contribution in [-0.4, -0.2) is 42.3 Å². The fourth-order valence-corrected chi connectivity index (χ4v) is 2.94. The molecule has 3 rings (SSSR count). The third-order valence-corrected chi connectivity index (χ3v) is 3.49. The molecule has 3 aliphatic heterocycles. The largest absolute Gasteiger partial charge is 0.342 e. The highest BCUT2D eigenvalue weighted by molar-refractivity contribution is 5.10. The highest BCUT2D eigenvalue weighted by atomic mass is 16.9. The quantitative estimate of drug-likeness (QED) is 0.666. The van der Waals surface area contributed by atoms with E-state index in [1.807, 2.05) is 27.7 Å². The molecule has 5 nitrogen and oxygen atoms in total. The molecule has 4 atom stereocenters. The van der Waals surface area contributed by atoms with Gasteiger partial charge in [0.2, 0.25) is 5.79 Å². The number of hydrogen-bond donors (Lipinski definition) is 0. The van der Waals surface area contributed by atoms with Crippen molar-refractivity contribution in [2.45, 2.75) is 63.4 Å². The molecule has 0 bridgehead atoms. The fraction of sp³-hybridized carbons (Fsp3) is 0.846. The topological polar surface area (TPSA) is 46.2 Å². The maximum Gasteiger partial charge on any atom is 0.220 e. The van der Waals surface area contributed by atoms with Crippen LogP contribution < -0.4 is 0 Å². The van der Waals surface area contributed by atoms with Gasteiger partial charge in [-0.25, -0.2) is 0 Å². The molecular formula is C13H20O5. The van der Waals surface area contributed by atoms with Gasteiger partial charge in [0.25, 0.3) is 0 Å². The van der Waals surface area contributed by atoms with Crippen molar-refractivity contribution < 1.29 is 23.7 Å². The molecule has 3 aliphatic rings. The van der Waals surface area contributed by atoms with Crippen molar-refractivity contribution in [1.29, 1.82) is 0 Å². The normalized spacial score (nSPS) is 48.6. The van der Waals surface area contributed by atoms with Crippen LogP contribution >= 0.6 is 0 Å². The molecule has 5 heteroatoms. The van der Waals surface area contributed by atoms with E-state index in [9.17, 15) is 0 Å². The second-order valence-electron chi connectivity index (χ2n) is 5.92. The molecule has 0 unspecified atom stereocenters. The molecule has 0 saturated carbocycles. The van der Waals surface area contributed by atoms with Gasteiger partial charge in [0, 0.05) is 0 Å². The van der Waals surface area contributed by atoms with E-state index in [2.05, 4.69) is 6.58 Å². The van der Waals surface area contributed by atoms with Crippen molar-refractivity contribution in [2.24, 2.45) is 0 Å². The lowest BCUT2D eigenvalue weighted by molar-refractivity contribution is -0.252. The van der Waals surface area contributed by atoms with Crippen molar-refractivity contribution in [3.8, 4) is 0 Å². The highest BCUT2D eigenvalue weighted by Crippen LogP contribution is 2.47. The molecular weight excluding hydrogens is 236 g/mol. The minimum atomic E-state index is -0.936. The summed E-state index contributed by atoms with van der Waals surface area (Å²) in [5, 5.41) is 0. The summed E-state index contributed by atoms with van der Waals surface area (Å²) in [6, 6.07) is 0. The Kier molecular flexibility index (Phi) is 2.48. The van der Waals surface area contributed by atoms with Crippen LogP contribution in [0.15, 0.2) is 12.7 Å². The first-order chi connectivity index (χ1) is 8.27. The number of hydrogen-bond acceptors (Lipinski definition) is 5. The van der Waals surface area contributed by atoms with Gasteiger partial charge < -0.3 is 23.7 Å². The van der Waals surface area contributed by atoms with E-state index in [1.54, 1.807) is 6.08 Å². The Morgan fingerprint density at radius 2 is 1.78 bits per heavy atom. The van der Waals surface area contributed by atoms with E-state index < -0.39 is 17.4 Å². The Morgan fingerprint density at radius 3 is 2.44 bits per heavy atom. The van der Waals surface area contributed by atoms with Crippen molar-refractivity contribution >= 4 is 0 Å². The summed E-state index contributed by atoms with van der Waals surface area (Å²) >= 11 is 0. The van der Waals surface area contributed by atoms with Crippen LogP contribution in [0.25, 0.3) is 0 Å². The molecule has 0 aromatic carbocycles. The van der Waals surface area contributed by atoms with Crippen molar-refractivity contribution in [3.63, 3.8) is 0 Å². The van der Waals surface area contributed by atoms with Gasteiger partial charge in [-0.1, -0.05) is 6.58 Å². The van der Waals surface area contributed by atoms with E-state index in [-0.39, 0.29) is 18.3 Å². The predicted molar refractivity (Wildman–Crippen MR) is 62.7 cm³/mol. The predicted octanol–water partition coefficient (Wildman–Crippen LogP) is 1.57. The minimum Gasteiger partial charge on any atom is -0.342 e. The summed E-state index contributed by atoms with van der Waals surface area (Å²) < 4.78 is 29.3. The Morgan fingerprint density at radius 1 is 1.06 bits per heavy atom. The number of ether oxygens (including phenoxy) is 5. The minimum absolute atomic E-state index is 0.129. The smallest absolute Gasteiger partial charge is 0.220 e. The molecule has 0 amide bonds. The molecule has 102 valence electrons. The Balaban J connectivity index is 1.93. The Bertz CT molecular complexity index is 378. The van der Waals surface area contributed by atoms with Gasteiger partial charge >= 0.3 is 0 Å². The summed E-state index contributed by atoms with van der Waals surface area (Å²) in [4.78, 5) is 0. The third kappa shape index (κ3) is 1.73. The standard InChI is InChI=1S/C13H20O5/c1-6-13-10(17-12(4,5)18-13)9-8(7-14-13)15-11(2,3)16-9/h6,8-10H,1,7H2,2-5H3/t8-,9-,10+,13-/m1/s1. The van der Waals surface area contributed by atoms with E-state index in [0.29, 0.717) is 6.61 Å². The molecule has 0 N–H and O–H groups in total. The van der Waals surface area contributed by atoms with Crippen LogP contribution in [0.2, 0.25) is 0 Å². The lowest BCUT2D eigenvalue weighted by Crippen LogP contribution is -2.57. The van der Waals surface area contributed by atoms with Gasteiger partial charge in [0.1, 0.15) is 18.3 Å². The summed E-state index contributed by atoms with van der Waals surface area (Å²) in [7, 11) is 0. The Labute approximate surface area is 107 Å². The van der Waals surface area contributed by atoms with E-state index in [0.717, 1.165) is 0 Å². The van der Waals surface area contributed by atoms with E-state index in [4.69, 9.17) is 23.7 Å². The SMILES string of the molecule is C=C[C@]12OC[C@H]3OC(C)(C)O[C@H]3[C@@H]1OC(C)(C)O2. The van der Waals surface area contributed by atoms with Gasteiger partial charge in [-0.15, -0.1) is 0 Å². The average molecular weight is 256 g/mol. The second-order valence-corrected chi connectivity index (χ2v) is 5.92. The maximum atomic E-state index is 5.93. The molecule has 3 saturated heterocycles. The van der Waals surface area contributed by atoms with Crippen LogP contribution in [-0.2, 0) is 23.7 Å². The monoisotopic (exact) mass is 256 g/mol. The summed E-state index contributed by atoms with van der Waals surface area (Å²) in [5.74, 6) is -2.27. The molecule has 0 spiro atoms. The van der Waals surface area contributed by atoms with Gasteiger partial charge in [0.15, 0.2) is 11.6 Å². The molecule has 18 heavy (non-hydrogen) atoms. The zero-order chi connectivity index (χ0) is 13.2. The zero-order valence-corrected chi connectivity index (χ0v) is 11.3. The van der Waals surface area contributed by atoms with Crippen LogP contribution in [0, 0.1) is 0 Å². The molecule has 0 aromatic rings. The van der Waals surface area contributed by atoms with E-state index in [1.165, 1.54) is 0 Å². The van der Waals surface area contributed by atoms with Crippen LogP contribution in [0.5, 0.6) is 0 Å². The summed E-state index contributed by atoms with van der Waals surface area (Å²) in [6.07, 6.45) is 0.965. The van der Waals surface area contributed by atoms with Gasteiger partial charge in [-0.2, -0.15) is 0 Å². The van der Waals surface area contributed by atoms with Crippen LogP contribution in [0.3, 0.4) is 0 Å². The number of rotatable bonds is 1. The molecule has 0 aliphatic carbocycles. The molecule has 3 fully saturated rings. The first-order valence-electron chi connectivity index (χ1n) is 6.28. The molecule has 0 aromatic heterocycles. The second kappa shape index (κ2) is 3.55. The summed E-state index contributed by atoms with van der Waals surface area (Å²) in [5.41, 5.74) is 0. The Hall–Kier alpha value is -0.460. The third-order valence-electron chi connectivity index (χ3n) is 3.49. The zero-order valence-electron chi connectivity index (χ0n) is 11.3. The lowest BCUT2D eigenvalue weighted by Gasteiger charge is -2.38. The van der Waals surface area contributed by atoms with Gasteiger partial charge in [-0.3, -0.25) is 0 Å². The first kappa shape index (κ1) is 12.6. The van der Waals surface area contributed by atoms with Gasteiger partial charge in [0.05, 0.1) is 6.61 Å². The first-order valence-corrected chi connectivity index (χ1v) is 6.28. The van der Waals surface area contributed by atoms with E-state index >= 15 is 0 Å². The molecule has 3 heterocycles. The van der Waals surface area contributed by atoms with Crippen molar-refractivity contribution in [2.75, 3.05) is 6.61 Å².